The Hall–Kier alpha value is -2.26. The summed E-state index contributed by atoms with van der Waals surface area (Å²) in [5.41, 5.74) is 3.62. The monoisotopic (exact) mass is 314 g/mol. The molecule has 0 N–H and O–H groups in total. The average Bonchev–Trinajstić information content (AvgIpc) is 2.87. The Morgan fingerprint density at radius 1 is 1.23 bits per heavy atom. The first kappa shape index (κ1) is 14.7. The molecule has 3 rings (SSSR count). The second kappa shape index (κ2) is 6.24. The second-order valence-electron chi connectivity index (χ2n) is 5.23. The number of fused-ring (bicyclic) bond motifs is 1. The van der Waals surface area contributed by atoms with E-state index >= 15 is 0 Å². The van der Waals surface area contributed by atoms with E-state index in [1.807, 2.05) is 37.3 Å². The van der Waals surface area contributed by atoms with Crippen molar-refractivity contribution in [2.75, 3.05) is 0 Å². The van der Waals surface area contributed by atoms with Gasteiger partial charge in [0.25, 0.3) is 0 Å². The topological polar surface area (TPSA) is 39.4 Å². The lowest BCUT2D eigenvalue weighted by molar-refractivity contribution is -0.144. The van der Waals surface area contributed by atoms with Crippen molar-refractivity contribution < 1.29 is 13.9 Å². The largest absolute Gasteiger partial charge is 0.464 e. The lowest BCUT2D eigenvalue weighted by atomic mass is 10.1. The molecule has 0 atom stereocenters. The highest BCUT2D eigenvalue weighted by atomic mass is 35.5. The molecule has 0 bridgehead atoms. The highest BCUT2D eigenvalue weighted by Gasteiger charge is 2.11. The molecule has 22 heavy (non-hydrogen) atoms. The van der Waals surface area contributed by atoms with E-state index in [4.69, 9.17) is 20.8 Å². The third kappa shape index (κ3) is 3.31. The molecule has 4 heteroatoms. The molecule has 112 valence electrons. The van der Waals surface area contributed by atoms with Crippen LogP contribution in [0.4, 0.5) is 0 Å². The molecule has 0 aliphatic heterocycles. The van der Waals surface area contributed by atoms with Crippen LogP contribution in [-0.2, 0) is 22.6 Å². The van der Waals surface area contributed by atoms with Gasteiger partial charge in [0.15, 0.2) is 0 Å². The number of furan rings is 1. The van der Waals surface area contributed by atoms with Gasteiger partial charge in [-0.25, -0.2) is 0 Å². The van der Waals surface area contributed by atoms with Gasteiger partial charge in [0.05, 0.1) is 12.7 Å². The van der Waals surface area contributed by atoms with Crippen LogP contribution >= 0.6 is 11.6 Å². The van der Waals surface area contributed by atoms with Crippen LogP contribution in [0.3, 0.4) is 0 Å². The van der Waals surface area contributed by atoms with Crippen LogP contribution in [0.15, 0.2) is 53.1 Å². The van der Waals surface area contributed by atoms with Crippen molar-refractivity contribution in [1.82, 2.24) is 0 Å². The Morgan fingerprint density at radius 3 is 2.91 bits per heavy atom. The number of halogens is 1. The van der Waals surface area contributed by atoms with Gasteiger partial charge in [0, 0.05) is 16.0 Å². The summed E-state index contributed by atoms with van der Waals surface area (Å²) >= 11 is 5.90. The molecule has 0 aliphatic carbocycles. The van der Waals surface area contributed by atoms with E-state index < -0.39 is 0 Å². The van der Waals surface area contributed by atoms with E-state index in [1.165, 1.54) is 0 Å². The highest BCUT2D eigenvalue weighted by molar-refractivity contribution is 6.30. The van der Waals surface area contributed by atoms with Gasteiger partial charge >= 0.3 is 5.97 Å². The van der Waals surface area contributed by atoms with Gasteiger partial charge in [0.1, 0.15) is 12.2 Å². The van der Waals surface area contributed by atoms with Gasteiger partial charge in [-0.3, -0.25) is 4.79 Å². The normalized spacial score (nSPS) is 10.8. The predicted molar refractivity (Wildman–Crippen MR) is 85.9 cm³/mol. The van der Waals surface area contributed by atoms with Crippen LogP contribution in [0.5, 0.6) is 0 Å². The van der Waals surface area contributed by atoms with Crippen molar-refractivity contribution in [3.63, 3.8) is 0 Å². The van der Waals surface area contributed by atoms with Gasteiger partial charge < -0.3 is 9.15 Å². The molecule has 0 aliphatic rings. The predicted octanol–water partition coefficient (Wildman–Crippen LogP) is 4.68. The summed E-state index contributed by atoms with van der Waals surface area (Å²) in [5.74, 6) is -0.289. The van der Waals surface area contributed by atoms with Crippen molar-refractivity contribution in [2.24, 2.45) is 0 Å². The first-order chi connectivity index (χ1) is 10.6. The molecular weight excluding hydrogens is 300 g/mol. The third-order valence-electron chi connectivity index (χ3n) is 3.43. The number of rotatable bonds is 4. The van der Waals surface area contributed by atoms with E-state index in [0.29, 0.717) is 5.02 Å². The number of carbonyl (C=O) groups excluding carboxylic acids is 1. The van der Waals surface area contributed by atoms with Crippen LogP contribution in [0, 0.1) is 6.92 Å². The molecule has 0 unspecified atom stereocenters. The van der Waals surface area contributed by atoms with Crippen LogP contribution in [-0.4, -0.2) is 5.97 Å². The number of carbonyl (C=O) groups is 1. The summed E-state index contributed by atoms with van der Waals surface area (Å²) in [6.07, 6.45) is 1.81. The van der Waals surface area contributed by atoms with E-state index in [9.17, 15) is 4.79 Å². The maximum absolute atomic E-state index is 12.0. The molecule has 1 heterocycles. The maximum atomic E-state index is 12.0. The highest BCUT2D eigenvalue weighted by Crippen LogP contribution is 2.23. The zero-order valence-corrected chi connectivity index (χ0v) is 12.9. The molecule has 0 saturated carbocycles. The smallest absolute Gasteiger partial charge is 0.310 e. The molecule has 0 radical (unpaired) electrons. The Morgan fingerprint density at radius 2 is 2.09 bits per heavy atom. The Kier molecular flexibility index (Phi) is 4.16. The van der Waals surface area contributed by atoms with Crippen molar-refractivity contribution in [3.05, 3.63) is 70.4 Å². The fourth-order valence-electron chi connectivity index (χ4n) is 2.32. The second-order valence-corrected chi connectivity index (χ2v) is 5.66. The van der Waals surface area contributed by atoms with Gasteiger partial charge in [-0.15, -0.1) is 0 Å². The molecule has 3 nitrogen and oxygen atoms in total. The quantitative estimate of drug-likeness (QED) is 0.656. The Bertz CT molecular complexity index is 820. The van der Waals surface area contributed by atoms with Gasteiger partial charge in [-0.05, 0) is 36.2 Å². The molecule has 0 amide bonds. The number of esters is 1. The number of hydrogen-bond donors (Lipinski definition) is 0. The fraction of sp³-hybridized carbons (Fsp3) is 0.167. The molecule has 1 aromatic heterocycles. The standard InChI is InChI=1S/C18H15ClO3/c1-12-5-6-16-14(11-21-17(16)7-12)9-18(20)22-10-13-3-2-4-15(19)8-13/h2-8,11H,9-10H2,1H3. The SMILES string of the molecule is Cc1ccc2c(CC(=O)OCc3cccc(Cl)c3)coc2c1. The minimum Gasteiger partial charge on any atom is -0.464 e. The van der Waals surface area contributed by atoms with Crippen molar-refractivity contribution in [1.29, 1.82) is 0 Å². The summed E-state index contributed by atoms with van der Waals surface area (Å²) in [5, 5.41) is 1.58. The number of hydrogen-bond acceptors (Lipinski definition) is 3. The van der Waals surface area contributed by atoms with E-state index in [0.717, 1.165) is 27.7 Å². The zero-order valence-electron chi connectivity index (χ0n) is 12.1. The van der Waals surface area contributed by atoms with Crippen molar-refractivity contribution in [2.45, 2.75) is 20.0 Å². The summed E-state index contributed by atoms with van der Waals surface area (Å²) in [6, 6.07) is 13.2. The van der Waals surface area contributed by atoms with Crippen LogP contribution in [0.2, 0.25) is 5.02 Å². The lowest BCUT2D eigenvalue weighted by Gasteiger charge is -2.05. The minimum atomic E-state index is -0.289. The van der Waals surface area contributed by atoms with Crippen LogP contribution in [0.25, 0.3) is 11.0 Å². The van der Waals surface area contributed by atoms with E-state index in [1.54, 1.807) is 18.4 Å². The number of aryl methyl sites for hydroxylation is 1. The fourth-order valence-corrected chi connectivity index (χ4v) is 2.54. The molecule has 2 aromatic carbocycles. The lowest BCUT2D eigenvalue weighted by Crippen LogP contribution is -2.07. The molecule has 0 spiro atoms. The van der Waals surface area contributed by atoms with Crippen LogP contribution < -0.4 is 0 Å². The summed E-state index contributed by atoms with van der Waals surface area (Å²) in [4.78, 5) is 12.0. The van der Waals surface area contributed by atoms with Crippen molar-refractivity contribution >= 4 is 28.5 Å². The minimum absolute atomic E-state index is 0.191. The Labute approximate surface area is 133 Å². The number of benzene rings is 2. The first-order valence-corrected chi connectivity index (χ1v) is 7.36. The summed E-state index contributed by atoms with van der Waals surface area (Å²) in [7, 11) is 0. The summed E-state index contributed by atoms with van der Waals surface area (Å²) < 4.78 is 10.8. The van der Waals surface area contributed by atoms with Gasteiger partial charge in [-0.2, -0.15) is 0 Å². The molecule has 0 fully saturated rings. The summed E-state index contributed by atoms with van der Waals surface area (Å²) in [6.45, 7) is 2.22. The van der Waals surface area contributed by atoms with Crippen LogP contribution in [0.1, 0.15) is 16.7 Å². The maximum Gasteiger partial charge on any atom is 0.310 e. The Balaban J connectivity index is 1.66. The molecule has 3 aromatic rings. The average molecular weight is 315 g/mol. The van der Waals surface area contributed by atoms with Gasteiger partial charge in [0.2, 0.25) is 0 Å². The third-order valence-corrected chi connectivity index (χ3v) is 3.67. The van der Waals surface area contributed by atoms with E-state index in [2.05, 4.69) is 0 Å². The van der Waals surface area contributed by atoms with E-state index in [-0.39, 0.29) is 19.0 Å². The number of ether oxygens (including phenoxy) is 1. The first-order valence-electron chi connectivity index (χ1n) is 6.98. The molecular formula is C18H15ClO3. The van der Waals surface area contributed by atoms with Gasteiger partial charge in [-0.1, -0.05) is 35.9 Å². The molecule has 0 saturated heterocycles. The zero-order chi connectivity index (χ0) is 15.5. The van der Waals surface area contributed by atoms with Crippen molar-refractivity contribution in [3.8, 4) is 0 Å².